The molecule has 4 aromatic rings. The third-order valence-corrected chi connectivity index (χ3v) is 6.67. The molecule has 5 rings (SSSR count). The standard InChI is InChI=1S/C24H20ClFN4O2S/c25-15-3-6-19-20(11-15)29-22(28-19)21(14-7-10-33-13-14)23(31)27-16-4-5-17(18(26)12-16)24(32)30-8-1-2-9-30/h3-7,10-13,21H,1-2,8-9H2,(H,27,31)(H,28,29). The van der Waals surface area contributed by atoms with Crippen LogP contribution >= 0.6 is 22.9 Å². The predicted octanol–water partition coefficient (Wildman–Crippen LogP) is 5.42. The van der Waals surface area contributed by atoms with E-state index >= 15 is 0 Å². The maximum atomic E-state index is 14.8. The lowest BCUT2D eigenvalue weighted by molar-refractivity contribution is -0.116. The van der Waals surface area contributed by atoms with Crippen molar-refractivity contribution in [3.63, 3.8) is 0 Å². The molecule has 1 unspecified atom stereocenters. The molecule has 0 saturated carbocycles. The van der Waals surface area contributed by atoms with Crippen molar-refractivity contribution in [1.82, 2.24) is 14.9 Å². The van der Waals surface area contributed by atoms with Crippen molar-refractivity contribution in [3.8, 4) is 0 Å². The zero-order chi connectivity index (χ0) is 22.9. The van der Waals surface area contributed by atoms with E-state index in [0.29, 0.717) is 29.5 Å². The number of rotatable bonds is 5. The molecule has 2 N–H and O–H groups in total. The largest absolute Gasteiger partial charge is 0.341 e. The van der Waals surface area contributed by atoms with Gasteiger partial charge in [0.2, 0.25) is 5.91 Å². The number of anilines is 1. The number of carbonyl (C=O) groups excluding carboxylic acids is 2. The molecule has 33 heavy (non-hydrogen) atoms. The highest BCUT2D eigenvalue weighted by Crippen LogP contribution is 2.29. The Kier molecular flexibility index (Phi) is 5.86. The molecule has 1 saturated heterocycles. The molecule has 3 heterocycles. The van der Waals surface area contributed by atoms with Crippen LogP contribution in [-0.4, -0.2) is 39.8 Å². The van der Waals surface area contributed by atoms with Crippen molar-refractivity contribution < 1.29 is 14.0 Å². The van der Waals surface area contributed by atoms with Gasteiger partial charge in [0.1, 0.15) is 17.6 Å². The number of halogens is 2. The van der Waals surface area contributed by atoms with E-state index in [1.54, 1.807) is 29.2 Å². The number of hydrogen-bond acceptors (Lipinski definition) is 4. The van der Waals surface area contributed by atoms with Gasteiger partial charge in [0.15, 0.2) is 0 Å². The summed E-state index contributed by atoms with van der Waals surface area (Å²) in [6.45, 7) is 1.28. The molecule has 2 aromatic carbocycles. The highest BCUT2D eigenvalue weighted by Gasteiger charge is 2.28. The number of likely N-dealkylation sites (tertiary alicyclic amines) is 1. The van der Waals surface area contributed by atoms with Crippen LogP contribution in [0.2, 0.25) is 5.02 Å². The van der Waals surface area contributed by atoms with Crippen molar-refractivity contribution in [3.05, 3.63) is 81.0 Å². The summed E-state index contributed by atoms with van der Waals surface area (Å²) in [6.07, 6.45) is 1.86. The summed E-state index contributed by atoms with van der Waals surface area (Å²) in [5, 5.41) is 7.10. The fraction of sp³-hybridized carbons (Fsp3) is 0.208. The van der Waals surface area contributed by atoms with Crippen molar-refractivity contribution in [2.45, 2.75) is 18.8 Å². The number of aromatic nitrogens is 2. The van der Waals surface area contributed by atoms with E-state index < -0.39 is 11.7 Å². The number of hydrogen-bond donors (Lipinski definition) is 2. The summed E-state index contributed by atoms with van der Waals surface area (Å²) < 4.78 is 14.8. The number of nitrogens with zero attached hydrogens (tertiary/aromatic N) is 2. The number of aromatic amines is 1. The van der Waals surface area contributed by atoms with Gasteiger partial charge in [0.25, 0.3) is 5.91 Å². The SMILES string of the molecule is O=C(Nc1ccc(C(=O)N2CCCC2)c(F)c1)C(c1ccsc1)c1nc2ccc(Cl)cc2[nH]1. The van der Waals surface area contributed by atoms with Crippen LogP contribution in [0.1, 0.15) is 40.5 Å². The van der Waals surface area contributed by atoms with Crippen LogP contribution in [0.15, 0.2) is 53.2 Å². The van der Waals surface area contributed by atoms with Crippen LogP contribution in [0, 0.1) is 5.82 Å². The summed E-state index contributed by atoms with van der Waals surface area (Å²) in [6, 6.07) is 11.3. The summed E-state index contributed by atoms with van der Waals surface area (Å²) in [5.74, 6) is -1.60. The minimum atomic E-state index is -0.726. The molecular formula is C24H20ClFN4O2S. The van der Waals surface area contributed by atoms with Crippen LogP contribution in [-0.2, 0) is 4.79 Å². The predicted molar refractivity (Wildman–Crippen MR) is 127 cm³/mol. The lowest BCUT2D eigenvalue weighted by atomic mass is 10.0. The first kappa shape index (κ1) is 21.6. The van der Waals surface area contributed by atoms with Gasteiger partial charge in [-0.25, -0.2) is 9.37 Å². The highest BCUT2D eigenvalue weighted by atomic mass is 35.5. The van der Waals surface area contributed by atoms with Gasteiger partial charge in [-0.1, -0.05) is 11.6 Å². The van der Waals surface area contributed by atoms with Gasteiger partial charge in [0.05, 0.1) is 16.6 Å². The molecule has 1 fully saturated rings. The van der Waals surface area contributed by atoms with Crippen LogP contribution in [0.25, 0.3) is 11.0 Å². The van der Waals surface area contributed by atoms with Gasteiger partial charge in [0, 0.05) is 23.8 Å². The Labute approximate surface area is 198 Å². The Morgan fingerprint density at radius 1 is 1.15 bits per heavy atom. The van der Waals surface area contributed by atoms with Gasteiger partial charge in [-0.15, -0.1) is 0 Å². The fourth-order valence-corrected chi connectivity index (χ4v) is 4.94. The number of H-pyrrole nitrogens is 1. The van der Waals surface area contributed by atoms with Gasteiger partial charge >= 0.3 is 0 Å². The first-order valence-electron chi connectivity index (χ1n) is 10.6. The number of thiophene rings is 1. The van der Waals surface area contributed by atoms with Gasteiger partial charge in [-0.2, -0.15) is 11.3 Å². The third kappa shape index (κ3) is 4.36. The van der Waals surface area contributed by atoms with Gasteiger partial charge < -0.3 is 15.2 Å². The van der Waals surface area contributed by atoms with Gasteiger partial charge in [-0.05, 0) is 71.6 Å². The van der Waals surface area contributed by atoms with Crippen molar-refractivity contribution in [2.75, 3.05) is 18.4 Å². The molecule has 2 amide bonds. The molecule has 0 spiro atoms. The molecule has 9 heteroatoms. The van der Waals surface area contributed by atoms with E-state index in [0.717, 1.165) is 23.9 Å². The Morgan fingerprint density at radius 2 is 1.97 bits per heavy atom. The first-order chi connectivity index (χ1) is 16.0. The summed E-state index contributed by atoms with van der Waals surface area (Å²) in [7, 11) is 0. The van der Waals surface area contributed by atoms with Crippen molar-refractivity contribution in [1.29, 1.82) is 0 Å². The minimum absolute atomic E-state index is 0.0125. The second kappa shape index (κ2) is 8.96. The van der Waals surface area contributed by atoms with Crippen LogP contribution in [0.3, 0.4) is 0 Å². The normalized spacial score (nSPS) is 14.5. The van der Waals surface area contributed by atoms with Crippen molar-refractivity contribution >= 4 is 51.5 Å². The lowest BCUT2D eigenvalue weighted by Crippen LogP contribution is -2.28. The first-order valence-corrected chi connectivity index (χ1v) is 11.9. The van der Waals surface area contributed by atoms with E-state index in [-0.39, 0.29) is 23.1 Å². The number of carbonyl (C=O) groups is 2. The second-order valence-corrected chi connectivity index (χ2v) is 9.17. The molecule has 0 radical (unpaired) electrons. The molecule has 2 aromatic heterocycles. The fourth-order valence-electron chi connectivity index (χ4n) is 4.08. The topological polar surface area (TPSA) is 78.1 Å². The molecule has 0 aliphatic carbocycles. The zero-order valence-electron chi connectivity index (χ0n) is 17.5. The average Bonchev–Trinajstić information content (AvgIpc) is 3.55. The van der Waals surface area contributed by atoms with Crippen LogP contribution in [0.4, 0.5) is 10.1 Å². The quantitative estimate of drug-likeness (QED) is 0.398. The second-order valence-electron chi connectivity index (χ2n) is 7.96. The molecule has 1 aliphatic rings. The lowest BCUT2D eigenvalue weighted by Gasteiger charge is -2.17. The summed E-state index contributed by atoms with van der Waals surface area (Å²) >= 11 is 7.55. The van der Waals surface area contributed by atoms with E-state index in [1.165, 1.54) is 23.5 Å². The minimum Gasteiger partial charge on any atom is -0.341 e. The molecule has 0 bridgehead atoms. The molecular weight excluding hydrogens is 463 g/mol. The van der Waals surface area contributed by atoms with E-state index in [4.69, 9.17) is 11.6 Å². The third-order valence-electron chi connectivity index (χ3n) is 5.73. The summed E-state index contributed by atoms with van der Waals surface area (Å²) in [5.41, 5.74) is 2.47. The highest BCUT2D eigenvalue weighted by molar-refractivity contribution is 7.08. The van der Waals surface area contributed by atoms with E-state index in [1.807, 2.05) is 16.8 Å². The summed E-state index contributed by atoms with van der Waals surface area (Å²) in [4.78, 5) is 35.3. The Hall–Kier alpha value is -3.23. The number of benzene rings is 2. The Balaban J connectivity index is 1.42. The molecule has 6 nitrogen and oxygen atoms in total. The number of nitrogens with one attached hydrogen (secondary N) is 2. The number of amides is 2. The molecule has 1 atom stereocenters. The van der Waals surface area contributed by atoms with Crippen LogP contribution < -0.4 is 5.32 Å². The maximum Gasteiger partial charge on any atom is 0.256 e. The average molecular weight is 483 g/mol. The van der Waals surface area contributed by atoms with Crippen LogP contribution in [0.5, 0.6) is 0 Å². The maximum absolute atomic E-state index is 14.8. The monoisotopic (exact) mass is 482 g/mol. The smallest absolute Gasteiger partial charge is 0.256 e. The Morgan fingerprint density at radius 3 is 2.70 bits per heavy atom. The molecule has 168 valence electrons. The zero-order valence-corrected chi connectivity index (χ0v) is 19.0. The van der Waals surface area contributed by atoms with E-state index in [2.05, 4.69) is 15.3 Å². The van der Waals surface area contributed by atoms with Gasteiger partial charge in [-0.3, -0.25) is 9.59 Å². The van der Waals surface area contributed by atoms with Crippen molar-refractivity contribution in [2.24, 2.45) is 0 Å². The number of fused-ring (bicyclic) bond motifs is 1. The number of imidazole rings is 1. The Bertz CT molecular complexity index is 1330. The van der Waals surface area contributed by atoms with E-state index in [9.17, 15) is 14.0 Å². The molecule has 1 aliphatic heterocycles.